The Kier molecular flexibility index (Phi) is 5.34. The molecule has 0 spiro atoms. The molecular weight excluding hydrogens is 352 g/mol. The molecule has 0 radical (unpaired) electrons. The minimum Gasteiger partial charge on any atom is -0.479 e. The number of rotatable bonds is 7. The molecule has 1 N–H and O–H groups in total. The number of benzene rings is 1. The van der Waals surface area contributed by atoms with E-state index in [1.165, 1.54) is 23.5 Å². The largest absolute Gasteiger partial charge is 0.479 e. The number of nitrogens with zero attached hydrogens (tertiary/aromatic N) is 2. The first kappa shape index (κ1) is 17.0. The van der Waals surface area contributed by atoms with Gasteiger partial charge in [-0.1, -0.05) is 11.2 Å². The Hall–Kier alpha value is -2.81. The normalized spacial score (nSPS) is 10.6. The fourth-order valence-corrected chi connectivity index (χ4v) is 2.60. The molecule has 0 saturated heterocycles. The summed E-state index contributed by atoms with van der Waals surface area (Å²) in [6.45, 7) is 0.151. The molecule has 2 heterocycles. The summed E-state index contributed by atoms with van der Waals surface area (Å²) in [7, 11) is 0. The first-order valence-corrected chi connectivity index (χ1v) is 8.25. The number of aromatic nitrogens is 2. The second kappa shape index (κ2) is 7.84. The van der Waals surface area contributed by atoms with Crippen LogP contribution in [0.1, 0.15) is 21.9 Å². The number of hydrogen-bond donors (Lipinski definition) is 1. The summed E-state index contributed by atoms with van der Waals surface area (Å²) in [4.78, 5) is 16.1. The van der Waals surface area contributed by atoms with Crippen LogP contribution in [0.3, 0.4) is 0 Å². The van der Waals surface area contributed by atoms with Crippen LogP contribution in [-0.4, -0.2) is 22.6 Å². The zero-order chi connectivity index (χ0) is 17.6. The third-order valence-electron chi connectivity index (χ3n) is 3.22. The van der Waals surface area contributed by atoms with Gasteiger partial charge in [-0.3, -0.25) is 4.79 Å². The Morgan fingerprint density at radius 3 is 2.84 bits per heavy atom. The highest BCUT2D eigenvalue weighted by Crippen LogP contribution is 2.22. The predicted molar refractivity (Wildman–Crippen MR) is 85.3 cm³/mol. The lowest BCUT2D eigenvalue weighted by Gasteiger charge is -2.05. The van der Waals surface area contributed by atoms with Crippen molar-refractivity contribution < 1.29 is 22.8 Å². The lowest BCUT2D eigenvalue weighted by Crippen LogP contribution is -2.26. The summed E-state index contributed by atoms with van der Waals surface area (Å²) in [6.07, 6.45) is 0.607. The SMILES string of the molecule is O=C(NCCc1cscn1)c1cc(COc2c(F)cccc2F)on1. The maximum Gasteiger partial charge on any atom is 0.273 e. The third-order valence-corrected chi connectivity index (χ3v) is 3.85. The summed E-state index contributed by atoms with van der Waals surface area (Å²) < 4.78 is 36.9. The lowest BCUT2D eigenvalue weighted by atomic mass is 10.3. The molecule has 0 aliphatic heterocycles. The summed E-state index contributed by atoms with van der Waals surface area (Å²) in [5.41, 5.74) is 2.68. The molecule has 3 aromatic rings. The maximum atomic E-state index is 13.5. The number of amides is 1. The van der Waals surface area contributed by atoms with Gasteiger partial charge in [-0.05, 0) is 12.1 Å². The Bertz CT molecular complexity index is 832. The summed E-state index contributed by atoms with van der Waals surface area (Å²) >= 11 is 1.49. The lowest BCUT2D eigenvalue weighted by molar-refractivity contribution is 0.0944. The van der Waals surface area contributed by atoms with Gasteiger partial charge in [-0.2, -0.15) is 0 Å². The van der Waals surface area contributed by atoms with Crippen LogP contribution in [0, 0.1) is 11.6 Å². The van der Waals surface area contributed by atoms with Crippen molar-refractivity contribution in [1.29, 1.82) is 0 Å². The van der Waals surface area contributed by atoms with E-state index in [4.69, 9.17) is 9.26 Å². The van der Waals surface area contributed by atoms with Crippen molar-refractivity contribution in [1.82, 2.24) is 15.5 Å². The van der Waals surface area contributed by atoms with Gasteiger partial charge in [0, 0.05) is 24.4 Å². The van der Waals surface area contributed by atoms with E-state index in [1.54, 1.807) is 5.51 Å². The molecule has 0 fully saturated rings. The smallest absolute Gasteiger partial charge is 0.273 e. The number of carbonyl (C=O) groups is 1. The van der Waals surface area contributed by atoms with Gasteiger partial charge in [0.15, 0.2) is 28.8 Å². The van der Waals surface area contributed by atoms with Gasteiger partial charge < -0.3 is 14.6 Å². The molecule has 1 aromatic carbocycles. The van der Waals surface area contributed by atoms with Gasteiger partial charge in [-0.15, -0.1) is 11.3 Å². The number of para-hydroxylation sites is 1. The minimum absolute atomic E-state index is 0.0610. The fraction of sp³-hybridized carbons (Fsp3) is 0.188. The molecule has 3 rings (SSSR count). The van der Waals surface area contributed by atoms with E-state index in [0.717, 1.165) is 17.8 Å². The molecule has 0 aliphatic carbocycles. The van der Waals surface area contributed by atoms with Crippen LogP contribution in [-0.2, 0) is 13.0 Å². The van der Waals surface area contributed by atoms with Crippen molar-refractivity contribution in [3.8, 4) is 5.75 Å². The van der Waals surface area contributed by atoms with Crippen molar-refractivity contribution >= 4 is 17.2 Å². The second-order valence-corrected chi connectivity index (χ2v) is 5.72. The summed E-state index contributed by atoms with van der Waals surface area (Å²) in [5.74, 6) is -2.39. The van der Waals surface area contributed by atoms with E-state index >= 15 is 0 Å². The van der Waals surface area contributed by atoms with Crippen molar-refractivity contribution in [2.75, 3.05) is 6.54 Å². The van der Waals surface area contributed by atoms with E-state index in [0.29, 0.717) is 13.0 Å². The Morgan fingerprint density at radius 1 is 1.32 bits per heavy atom. The predicted octanol–water partition coefficient (Wildman–Crippen LogP) is 2.96. The molecule has 0 bridgehead atoms. The van der Waals surface area contributed by atoms with Crippen LogP contribution in [0.15, 0.2) is 39.7 Å². The van der Waals surface area contributed by atoms with Gasteiger partial charge in [-0.25, -0.2) is 13.8 Å². The Balaban J connectivity index is 1.52. The number of carbonyl (C=O) groups excluding carboxylic acids is 1. The summed E-state index contributed by atoms with van der Waals surface area (Å²) in [6, 6.07) is 4.76. The van der Waals surface area contributed by atoms with Crippen LogP contribution in [0.4, 0.5) is 8.78 Å². The van der Waals surface area contributed by atoms with Crippen LogP contribution < -0.4 is 10.1 Å². The third kappa shape index (κ3) is 4.38. The molecular formula is C16H13F2N3O3S. The molecule has 0 unspecified atom stereocenters. The van der Waals surface area contributed by atoms with Crippen molar-refractivity contribution in [3.05, 3.63) is 63.9 Å². The summed E-state index contributed by atoms with van der Waals surface area (Å²) in [5, 5.41) is 8.21. The first-order valence-electron chi connectivity index (χ1n) is 7.31. The molecule has 0 aliphatic rings. The molecule has 9 heteroatoms. The highest BCUT2D eigenvalue weighted by atomic mass is 32.1. The highest BCUT2D eigenvalue weighted by Gasteiger charge is 2.15. The molecule has 130 valence electrons. The van der Waals surface area contributed by atoms with E-state index < -0.39 is 23.3 Å². The Labute approximate surface area is 145 Å². The topological polar surface area (TPSA) is 77.2 Å². The average molecular weight is 365 g/mol. The number of thiazole rings is 1. The second-order valence-electron chi connectivity index (χ2n) is 5.00. The molecule has 0 saturated carbocycles. The van der Waals surface area contributed by atoms with Crippen molar-refractivity contribution in [2.24, 2.45) is 0 Å². The van der Waals surface area contributed by atoms with E-state index in [2.05, 4.69) is 15.5 Å². The number of hydrogen-bond acceptors (Lipinski definition) is 6. The van der Waals surface area contributed by atoms with Gasteiger partial charge in [0.1, 0.15) is 6.61 Å². The van der Waals surface area contributed by atoms with Crippen LogP contribution in [0.2, 0.25) is 0 Å². The minimum atomic E-state index is -0.820. The van der Waals surface area contributed by atoms with E-state index in [-0.39, 0.29) is 18.1 Å². The molecule has 0 atom stereocenters. The quantitative estimate of drug-likeness (QED) is 0.697. The number of halogens is 2. The molecule has 25 heavy (non-hydrogen) atoms. The van der Waals surface area contributed by atoms with Gasteiger partial charge in [0.25, 0.3) is 5.91 Å². The number of ether oxygens (including phenoxy) is 1. The van der Waals surface area contributed by atoms with E-state index in [1.807, 2.05) is 5.38 Å². The monoisotopic (exact) mass is 365 g/mol. The molecule has 1 amide bonds. The highest BCUT2D eigenvalue weighted by molar-refractivity contribution is 7.07. The van der Waals surface area contributed by atoms with Gasteiger partial charge in [0.05, 0.1) is 11.2 Å². The van der Waals surface area contributed by atoms with Gasteiger partial charge in [0.2, 0.25) is 0 Å². The Morgan fingerprint density at radius 2 is 2.12 bits per heavy atom. The molecule has 2 aromatic heterocycles. The zero-order valence-electron chi connectivity index (χ0n) is 12.9. The van der Waals surface area contributed by atoms with Crippen LogP contribution in [0.5, 0.6) is 5.75 Å². The maximum absolute atomic E-state index is 13.5. The zero-order valence-corrected chi connectivity index (χ0v) is 13.7. The number of nitrogens with one attached hydrogen (secondary N) is 1. The van der Waals surface area contributed by atoms with Crippen molar-refractivity contribution in [3.63, 3.8) is 0 Å². The van der Waals surface area contributed by atoms with E-state index in [9.17, 15) is 13.6 Å². The molecule has 6 nitrogen and oxygen atoms in total. The average Bonchev–Trinajstić information content (AvgIpc) is 3.26. The van der Waals surface area contributed by atoms with Gasteiger partial charge >= 0.3 is 0 Å². The first-order chi connectivity index (χ1) is 12.1. The van der Waals surface area contributed by atoms with Crippen molar-refractivity contribution in [2.45, 2.75) is 13.0 Å². The standard InChI is InChI=1S/C16H13F2N3O3S/c17-12-2-1-3-13(18)15(12)23-7-11-6-14(21-24-11)16(22)19-5-4-10-8-25-9-20-10/h1-3,6,8-9H,4-5,7H2,(H,19,22). The van der Waals surface area contributed by atoms with Crippen LogP contribution >= 0.6 is 11.3 Å². The fourth-order valence-electron chi connectivity index (χ4n) is 2.01. The van der Waals surface area contributed by atoms with Crippen LogP contribution in [0.25, 0.3) is 0 Å².